The highest BCUT2D eigenvalue weighted by Gasteiger charge is 2.29. The van der Waals surface area contributed by atoms with Gasteiger partial charge in [0.1, 0.15) is 0 Å². The van der Waals surface area contributed by atoms with Crippen molar-refractivity contribution < 1.29 is 0 Å². The van der Waals surface area contributed by atoms with E-state index in [4.69, 9.17) is 0 Å². The van der Waals surface area contributed by atoms with Gasteiger partial charge in [-0.1, -0.05) is 433 Å². The van der Waals surface area contributed by atoms with Crippen LogP contribution in [0, 0.1) is 117 Å². The first-order valence-corrected chi connectivity index (χ1v) is 42.6. The lowest BCUT2D eigenvalue weighted by atomic mass is 9.69. The molecule has 0 spiro atoms. The van der Waals surface area contributed by atoms with E-state index in [0.29, 0.717) is 10.8 Å². The van der Waals surface area contributed by atoms with E-state index >= 15 is 0 Å². The molecule has 0 aromatic rings. The van der Waals surface area contributed by atoms with E-state index in [1.165, 1.54) is 257 Å². The first-order valence-electron chi connectivity index (χ1n) is 42.6. The molecule has 0 saturated heterocycles. The smallest absolute Gasteiger partial charge is 0.0328 e. The summed E-state index contributed by atoms with van der Waals surface area (Å²) in [6.45, 7) is 71.3. The fraction of sp³-hybridized carbons (Fsp3) is 1.00. The van der Waals surface area contributed by atoms with Gasteiger partial charge in [-0.3, -0.25) is 0 Å². The lowest BCUT2D eigenvalue weighted by Crippen LogP contribution is -2.23. The normalized spacial score (nSPS) is 25.4. The van der Waals surface area contributed by atoms with Gasteiger partial charge >= 0.3 is 0 Å². The standard InChI is InChI=1S/9C7H14.4C7H16/c1-6-3-4-7(2)5-6;1-7(2)5-3-4-6-7;1-6-4-3-5-7(6)2;1-6(2)7-4-3-5-7;1-7-5-3-2-4-6-7;1-3-7(2)5-4-6-7;1-3-7-5-4-6(7)2;1-2-7-5-3-4-6-7;1-2-4-7-5-3-6-7;1-6(2)7(3,4)5;2*1-5-7(4)6(2)3;1-4-6-7(3)5-2/h6-7H,3-5H2,1-2H3;3-6H2,1-2H3;2*6-7H,3-5H2,1-2H3;7H,2-6H2,1H3;3-6H2,1-2H3;6-7H,3-5H2,1-2H3;2*7H,2-6H2,1H3;6H,1-5H3;2*6-7H,5H2,1-4H3;7H,4-6H2,1-3H3/t6-,7?;;6-,7?;;;;6-,7?;;;;;;/m1.1...0....../s1. The van der Waals surface area contributed by atoms with Crippen molar-refractivity contribution in [1.29, 1.82) is 0 Å². The average Bonchev–Trinajstić information content (AvgIpc) is 2.45. The molecule has 9 aliphatic rings. The van der Waals surface area contributed by atoms with Crippen LogP contribution in [0.3, 0.4) is 0 Å². The zero-order chi connectivity index (χ0) is 70.6. The third-order valence-corrected chi connectivity index (χ3v) is 25.7. The molecule has 9 rings (SSSR count). The summed E-state index contributed by atoms with van der Waals surface area (Å²) in [7, 11) is 0. The molecule has 0 aromatic carbocycles. The monoisotopic (exact) mass is 1280 g/mol. The molecule has 9 aliphatic carbocycles. The van der Waals surface area contributed by atoms with Crippen LogP contribution in [-0.2, 0) is 0 Å². The van der Waals surface area contributed by atoms with Crippen LogP contribution >= 0.6 is 0 Å². The van der Waals surface area contributed by atoms with E-state index in [0.717, 1.165) is 106 Å². The Hall–Kier alpha value is 0. The first kappa shape index (κ1) is 97.4. The van der Waals surface area contributed by atoms with E-state index in [2.05, 4.69) is 215 Å². The molecule has 0 N–H and O–H groups in total. The summed E-state index contributed by atoms with van der Waals surface area (Å²) in [5.41, 5.74) is 1.96. The van der Waals surface area contributed by atoms with Gasteiger partial charge in [-0.15, -0.1) is 0 Å². The number of hydrogen-bond donors (Lipinski definition) is 0. The highest BCUT2D eigenvalue weighted by molar-refractivity contribution is 4.81. The molecule has 9 fully saturated rings. The maximum absolute atomic E-state index is 2.39. The van der Waals surface area contributed by atoms with E-state index in [-0.39, 0.29) is 0 Å². The van der Waals surface area contributed by atoms with Crippen LogP contribution in [0.1, 0.15) is 471 Å². The third-order valence-electron chi connectivity index (χ3n) is 25.7. The molecule has 0 nitrogen and oxygen atoms in total. The first-order chi connectivity index (χ1) is 42.6. The third kappa shape index (κ3) is 58.7. The molecule has 0 aliphatic heterocycles. The summed E-state index contributed by atoms with van der Waals surface area (Å²) >= 11 is 0. The Morgan fingerprint density at radius 1 is 0.385 bits per heavy atom. The van der Waals surface area contributed by atoms with Crippen molar-refractivity contribution in [2.24, 2.45) is 117 Å². The summed E-state index contributed by atoms with van der Waals surface area (Å²) in [5, 5.41) is 0. The highest BCUT2D eigenvalue weighted by Crippen LogP contribution is 2.43. The minimum Gasteiger partial charge on any atom is -0.0654 e. The largest absolute Gasteiger partial charge is 0.0654 e. The predicted octanol–water partition coefficient (Wildman–Crippen LogP) is 33.6. The molecular formula is C91H190. The molecule has 9 atom stereocenters. The number of rotatable bonds is 13. The average molecular weight is 1280 g/mol. The lowest BCUT2D eigenvalue weighted by Gasteiger charge is -2.37. The molecular weight excluding hydrogens is 1090 g/mol. The molecule has 554 valence electrons. The van der Waals surface area contributed by atoms with Gasteiger partial charge in [0.2, 0.25) is 0 Å². The Balaban J connectivity index is -0.000000451. The van der Waals surface area contributed by atoms with Gasteiger partial charge in [0.25, 0.3) is 0 Å². The van der Waals surface area contributed by atoms with Crippen LogP contribution in [0.2, 0.25) is 0 Å². The molecule has 0 bridgehead atoms. The fourth-order valence-electron chi connectivity index (χ4n) is 13.3. The van der Waals surface area contributed by atoms with Crippen molar-refractivity contribution >= 4 is 0 Å². The predicted molar refractivity (Wildman–Crippen MR) is 427 cm³/mol. The van der Waals surface area contributed by atoms with E-state index in [1.54, 1.807) is 0 Å². The summed E-state index contributed by atoms with van der Waals surface area (Å²) in [5.74, 6) is 16.8. The minimum atomic E-state index is 0.500. The lowest BCUT2D eigenvalue weighted by molar-refractivity contribution is 0.155. The van der Waals surface area contributed by atoms with Crippen molar-refractivity contribution in [3.8, 4) is 0 Å². The van der Waals surface area contributed by atoms with Gasteiger partial charge in [0.05, 0.1) is 0 Å². The molecule has 0 aromatic heterocycles. The van der Waals surface area contributed by atoms with Crippen LogP contribution in [0.15, 0.2) is 0 Å². The van der Waals surface area contributed by atoms with E-state index in [1.807, 2.05) is 0 Å². The van der Waals surface area contributed by atoms with E-state index in [9.17, 15) is 0 Å². The second-order valence-electron chi connectivity index (χ2n) is 36.9. The molecule has 0 radical (unpaired) electrons. The van der Waals surface area contributed by atoms with Crippen LogP contribution in [-0.4, -0.2) is 0 Å². The summed E-state index contributed by atoms with van der Waals surface area (Å²) in [6, 6.07) is 0. The Morgan fingerprint density at radius 2 is 0.813 bits per heavy atom. The Kier molecular flexibility index (Phi) is 64.2. The molecule has 9 saturated carbocycles. The SMILES string of the molecule is CC(C)C(C)(C)C.CC(C)C1CCC1.CC1(C)CCCC1.CC1CCCCC1.CC1CCC[C@H]1C.CC1CC[C@@H](C)C1.CCC(C)C(C)C.CCC(C)C(C)C.CCC1(C)CCC1.CCC1CCCC1.CCC1CC[C@@H]1C.CCCC(C)CC.CCCC1CCC1. The number of hydrogen-bond acceptors (Lipinski definition) is 0. The second-order valence-corrected chi connectivity index (χ2v) is 36.9. The van der Waals surface area contributed by atoms with Gasteiger partial charge in [-0.2, -0.15) is 0 Å². The molecule has 0 amide bonds. The molecule has 0 heterocycles. The topological polar surface area (TPSA) is 0 Å². The molecule has 91 heavy (non-hydrogen) atoms. The minimum absolute atomic E-state index is 0.500. The van der Waals surface area contributed by atoms with Crippen LogP contribution in [0.5, 0.6) is 0 Å². The zero-order valence-corrected chi connectivity index (χ0v) is 70.6. The Labute approximate surface area is 585 Å². The summed E-state index contributed by atoms with van der Waals surface area (Å²) in [6.07, 6.45) is 58.4. The van der Waals surface area contributed by atoms with Gasteiger partial charge < -0.3 is 0 Å². The van der Waals surface area contributed by atoms with Crippen molar-refractivity contribution in [3.63, 3.8) is 0 Å². The van der Waals surface area contributed by atoms with Crippen molar-refractivity contribution in [3.05, 3.63) is 0 Å². The van der Waals surface area contributed by atoms with Crippen LogP contribution in [0.4, 0.5) is 0 Å². The maximum atomic E-state index is 2.39. The Bertz CT molecular complexity index is 1330. The van der Waals surface area contributed by atoms with Crippen molar-refractivity contribution in [2.75, 3.05) is 0 Å². The highest BCUT2D eigenvalue weighted by atomic mass is 14.3. The Morgan fingerprint density at radius 3 is 0.912 bits per heavy atom. The summed E-state index contributed by atoms with van der Waals surface area (Å²) in [4.78, 5) is 0. The maximum Gasteiger partial charge on any atom is -0.0328 e. The molecule has 6 unspecified atom stereocenters. The van der Waals surface area contributed by atoms with Crippen LogP contribution in [0.25, 0.3) is 0 Å². The zero-order valence-electron chi connectivity index (χ0n) is 70.6. The van der Waals surface area contributed by atoms with Crippen LogP contribution < -0.4 is 0 Å². The van der Waals surface area contributed by atoms with Gasteiger partial charge in [-0.25, -0.2) is 0 Å². The van der Waals surface area contributed by atoms with Crippen molar-refractivity contribution in [2.45, 2.75) is 471 Å². The fourth-order valence-corrected chi connectivity index (χ4v) is 13.3. The second kappa shape index (κ2) is 60.0. The summed E-state index contributed by atoms with van der Waals surface area (Å²) < 4.78 is 0. The van der Waals surface area contributed by atoms with Gasteiger partial charge in [-0.05, 0) is 155 Å². The van der Waals surface area contributed by atoms with E-state index < -0.39 is 0 Å². The van der Waals surface area contributed by atoms with Gasteiger partial charge in [0, 0.05) is 0 Å². The van der Waals surface area contributed by atoms with Gasteiger partial charge in [0.15, 0.2) is 0 Å². The van der Waals surface area contributed by atoms with Crippen molar-refractivity contribution in [1.82, 2.24) is 0 Å². The quantitative estimate of drug-likeness (QED) is 0.172. The molecule has 0 heteroatoms.